The van der Waals surface area contributed by atoms with E-state index in [9.17, 15) is 13.6 Å². The summed E-state index contributed by atoms with van der Waals surface area (Å²) >= 11 is 0. The van der Waals surface area contributed by atoms with Crippen LogP contribution < -0.4 is 10.1 Å². The molecule has 1 unspecified atom stereocenters. The minimum absolute atomic E-state index is 0.0241. The van der Waals surface area contributed by atoms with Crippen molar-refractivity contribution in [1.29, 1.82) is 0 Å². The molecular weight excluding hydrogens is 338 g/mol. The lowest BCUT2D eigenvalue weighted by Gasteiger charge is -2.28. The molecule has 0 bridgehead atoms. The predicted molar refractivity (Wildman–Crippen MR) is 95.2 cm³/mol. The third-order valence-electron chi connectivity index (χ3n) is 4.71. The number of nitrogens with zero attached hydrogens (tertiary/aromatic N) is 1. The Kier molecular flexibility index (Phi) is 5.83. The van der Waals surface area contributed by atoms with Crippen molar-refractivity contribution in [3.8, 4) is 5.75 Å². The van der Waals surface area contributed by atoms with E-state index >= 15 is 0 Å². The van der Waals surface area contributed by atoms with Gasteiger partial charge in [0, 0.05) is 6.54 Å². The Morgan fingerprint density at radius 3 is 2.50 bits per heavy atom. The fourth-order valence-corrected chi connectivity index (χ4v) is 3.29. The van der Waals surface area contributed by atoms with Crippen LogP contribution >= 0.6 is 0 Å². The Morgan fingerprint density at radius 1 is 1.15 bits per heavy atom. The molecule has 1 atom stereocenters. The van der Waals surface area contributed by atoms with Crippen LogP contribution in [-0.4, -0.2) is 37.6 Å². The quantitative estimate of drug-likeness (QED) is 0.857. The average molecular weight is 360 g/mol. The van der Waals surface area contributed by atoms with Crippen molar-refractivity contribution < 1.29 is 18.3 Å². The summed E-state index contributed by atoms with van der Waals surface area (Å²) in [5.74, 6) is -1.21. The first-order valence-corrected chi connectivity index (χ1v) is 8.69. The van der Waals surface area contributed by atoms with Crippen molar-refractivity contribution >= 4 is 5.91 Å². The van der Waals surface area contributed by atoms with Crippen LogP contribution in [0.25, 0.3) is 0 Å². The van der Waals surface area contributed by atoms with Crippen molar-refractivity contribution in [3.63, 3.8) is 0 Å². The highest BCUT2D eigenvalue weighted by molar-refractivity contribution is 5.94. The fraction of sp³-hybridized carbons (Fsp3) is 0.350. The Labute approximate surface area is 151 Å². The third kappa shape index (κ3) is 4.19. The lowest BCUT2D eigenvalue weighted by molar-refractivity contribution is 0.0933. The van der Waals surface area contributed by atoms with Gasteiger partial charge >= 0.3 is 0 Å². The van der Waals surface area contributed by atoms with Crippen molar-refractivity contribution in [2.45, 2.75) is 18.9 Å². The number of hydrogen-bond acceptors (Lipinski definition) is 3. The molecule has 1 aliphatic rings. The van der Waals surface area contributed by atoms with Gasteiger partial charge in [0.1, 0.15) is 17.4 Å². The third-order valence-corrected chi connectivity index (χ3v) is 4.71. The van der Waals surface area contributed by atoms with Crippen molar-refractivity contribution in [2.75, 3.05) is 26.7 Å². The van der Waals surface area contributed by atoms with E-state index in [2.05, 4.69) is 10.2 Å². The molecule has 2 aromatic carbocycles. The summed E-state index contributed by atoms with van der Waals surface area (Å²) in [7, 11) is 1.61. The van der Waals surface area contributed by atoms with Crippen LogP contribution in [-0.2, 0) is 0 Å². The monoisotopic (exact) mass is 360 g/mol. The van der Waals surface area contributed by atoms with Crippen LogP contribution in [0.2, 0.25) is 0 Å². The molecule has 4 nitrogen and oxygen atoms in total. The Morgan fingerprint density at radius 2 is 1.85 bits per heavy atom. The first-order valence-electron chi connectivity index (χ1n) is 8.69. The molecule has 1 N–H and O–H groups in total. The van der Waals surface area contributed by atoms with Crippen LogP contribution in [0.15, 0.2) is 42.5 Å². The van der Waals surface area contributed by atoms with Gasteiger partial charge in [0.15, 0.2) is 0 Å². The van der Waals surface area contributed by atoms with Crippen LogP contribution in [0.3, 0.4) is 0 Å². The lowest BCUT2D eigenvalue weighted by Crippen LogP contribution is -2.37. The number of methoxy groups -OCH3 is 1. The van der Waals surface area contributed by atoms with Gasteiger partial charge in [0.2, 0.25) is 0 Å². The van der Waals surface area contributed by atoms with Gasteiger partial charge in [-0.2, -0.15) is 0 Å². The molecular formula is C20H22F2N2O2. The smallest absolute Gasteiger partial charge is 0.254 e. The molecule has 0 aromatic heterocycles. The number of carbonyl (C=O) groups excluding carboxylic acids is 1. The zero-order valence-corrected chi connectivity index (χ0v) is 14.7. The summed E-state index contributed by atoms with van der Waals surface area (Å²) in [6.07, 6.45) is 2.22. The highest BCUT2D eigenvalue weighted by atomic mass is 19.1. The molecule has 1 heterocycles. The normalized spacial score (nSPS) is 15.7. The molecule has 0 saturated carbocycles. The molecule has 2 aromatic rings. The molecule has 0 spiro atoms. The largest absolute Gasteiger partial charge is 0.497 e. The van der Waals surface area contributed by atoms with Gasteiger partial charge < -0.3 is 10.1 Å². The number of hydrogen-bond donors (Lipinski definition) is 1. The van der Waals surface area contributed by atoms with Crippen LogP contribution in [0.5, 0.6) is 5.75 Å². The maximum Gasteiger partial charge on any atom is 0.254 e. The molecule has 3 rings (SSSR count). The number of halogens is 2. The van der Waals surface area contributed by atoms with E-state index in [0.717, 1.165) is 55.4 Å². The fourth-order valence-electron chi connectivity index (χ4n) is 3.29. The second-order valence-corrected chi connectivity index (χ2v) is 6.37. The highest BCUT2D eigenvalue weighted by Gasteiger charge is 2.24. The highest BCUT2D eigenvalue weighted by Crippen LogP contribution is 2.26. The molecule has 1 saturated heterocycles. The van der Waals surface area contributed by atoms with Gasteiger partial charge in [-0.05, 0) is 61.8 Å². The molecule has 0 radical (unpaired) electrons. The first kappa shape index (κ1) is 18.3. The lowest BCUT2D eigenvalue weighted by atomic mass is 10.0. The maximum absolute atomic E-state index is 13.8. The second kappa shape index (κ2) is 8.27. The summed E-state index contributed by atoms with van der Waals surface area (Å²) in [4.78, 5) is 14.6. The standard InChI is InChI=1S/C20H22F2N2O2/c1-26-16-7-4-14(5-8-16)19(24-10-2-3-11-24)13-23-20(25)17-12-15(21)6-9-18(17)22/h4-9,12,19H,2-3,10-11,13H2,1H3,(H,23,25). The number of rotatable bonds is 6. The van der Waals surface area contributed by atoms with E-state index in [1.165, 1.54) is 0 Å². The van der Waals surface area contributed by atoms with Crippen molar-refractivity contribution in [1.82, 2.24) is 10.2 Å². The van der Waals surface area contributed by atoms with Gasteiger partial charge in [-0.25, -0.2) is 8.78 Å². The Bertz CT molecular complexity index is 759. The summed E-state index contributed by atoms with van der Waals surface area (Å²) in [5, 5.41) is 2.75. The zero-order valence-electron chi connectivity index (χ0n) is 14.7. The second-order valence-electron chi connectivity index (χ2n) is 6.37. The molecule has 6 heteroatoms. The van der Waals surface area contributed by atoms with Crippen LogP contribution in [0.1, 0.15) is 34.8 Å². The SMILES string of the molecule is COc1ccc(C(CNC(=O)c2cc(F)ccc2F)N2CCCC2)cc1. The van der Waals surface area contributed by atoms with Gasteiger partial charge in [0.25, 0.3) is 5.91 Å². The van der Waals surface area contributed by atoms with E-state index in [1.54, 1.807) is 7.11 Å². The van der Waals surface area contributed by atoms with E-state index in [-0.39, 0.29) is 11.6 Å². The van der Waals surface area contributed by atoms with Crippen molar-refractivity contribution in [3.05, 3.63) is 65.2 Å². The van der Waals surface area contributed by atoms with Crippen molar-refractivity contribution in [2.24, 2.45) is 0 Å². The first-order chi connectivity index (χ1) is 12.6. The summed E-state index contributed by atoms with van der Waals surface area (Å²) < 4.78 is 32.3. The van der Waals surface area contributed by atoms with E-state index in [1.807, 2.05) is 24.3 Å². The number of likely N-dealkylation sites (tertiary alicyclic amines) is 1. The predicted octanol–water partition coefficient (Wildman–Crippen LogP) is 3.54. The summed E-state index contributed by atoms with van der Waals surface area (Å²) in [6, 6.07) is 10.6. The van der Waals surface area contributed by atoms with E-state index < -0.39 is 17.5 Å². The number of amides is 1. The molecule has 1 amide bonds. The number of carbonyl (C=O) groups is 1. The average Bonchev–Trinajstić information content (AvgIpc) is 3.18. The Hall–Kier alpha value is -2.47. The molecule has 138 valence electrons. The van der Waals surface area contributed by atoms with Gasteiger partial charge in [0.05, 0.1) is 18.7 Å². The summed E-state index contributed by atoms with van der Waals surface area (Å²) in [6.45, 7) is 2.21. The van der Waals surface area contributed by atoms with Gasteiger partial charge in [-0.3, -0.25) is 9.69 Å². The van der Waals surface area contributed by atoms with Gasteiger partial charge in [-0.15, -0.1) is 0 Å². The van der Waals surface area contributed by atoms with E-state index in [0.29, 0.717) is 6.54 Å². The van der Waals surface area contributed by atoms with E-state index in [4.69, 9.17) is 4.74 Å². The van der Waals surface area contributed by atoms with Gasteiger partial charge in [-0.1, -0.05) is 12.1 Å². The molecule has 1 fully saturated rings. The number of benzene rings is 2. The minimum Gasteiger partial charge on any atom is -0.497 e. The van der Waals surface area contributed by atoms with Crippen LogP contribution in [0.4, 0.5) is 8.78 Å². The minimum atomic E-state index is -0.730. The molecule has 1 aliphatic heterocycles. The molecule has 0 aliphatic carbocycles. The summed E-state index contributed by atoms with van der Waals surface area (Å²) in [5.41, 5.74) is 0.771. The zero-order chi connectivity index (χ0) is 18.5. The van der Waals surface area contributed by atoms with Crippen LogP contribution in [0, 0.1) is 11.6 Å². The number of ether oxygens (including phenoxy) is 1. The number of nitrogens with one attached hydrogen (secondary N) is 1. The maximum atomic E-state index is 13.8. The molecule has 26 heavy (non-hydrogen) atoms. The topological polar surface area (TPSA) is 41.6 Å². The Balaban J connectivity index is 1.75.